The zero-order valence-electron chi connectivity index (χ0n) is 15.7. The molecule has 0 fully saturated rings. The van der Waals surface area contributed by atoms with E-state index in [0.29, 0.717) is 6.54 Å². The van der Waals surface area contributed by atoms with E-state index in [1.54, 1.807) is 0 Å². The van der Waals surface area contributed by atoms with Crippen molar-refractivity contribution in [2.75, 3.05) is 26.2 Å². The fraction of sp³-hybridized carbons (Fsp3) is 0.600. The normalized spacial score (nSPS) is 14.2. The third kappa shape index (κ3) is 6.40. The summed E-state index contributed by atoms with van der Waals surface area (Å²) in [6.07, 6.45) is 5.80. The van der Waals surface area contributed by atoms with Gasteiger partial charge in [-0.3, -0.25) is 4.79 Å². The highest BCUT2D eigenvalue weighted by molar-refractivity contribution is 5.85. The molecule has 1 aliphatic heterocycles. The van der Waals surface area contributed by atoms with Gasteiger partial charge in [0.2, 0.25) is 5.91 Å². The molecule has 1 aromatic rings. The summed E-state index contributed by atoms with van der Waals surface area (Å²) in [6.45, 7) is 7.63. The summed E-state index contributed by atoms with van der Waals surface area (Å²) in [4.78, 5) is 18.9. The molecule has 1 amide bonds. The summed E-state index contributed by atoms with van der Waals surface area (Å²) < 4.78 is 0. The molecule has 1 aromatic carbocycles. The summed E-state index contributed by atoms with van der Waals surface area (Å²) in [7, 11) is 0. The molecule has 0 aromatic heterocycles. The molecule has 138 valence electrons. The van der Waals surface area contributed by atoms with E-state index in [4.69, 9.17) is 0 Å². The van der Waals surface area contributed by atoms with Crippen molar-refractivity contribution in [2.45, 2.75) is 52.5 Å². The molecule has 5 nitrogen and oxygen atoms in total. The third-order valence-electron chi connectivity index (χ3n) is 4.52. The standard InChI is InChI=1S/C20H32N4O/c1-3-5-6-9-13-22-20(21-4-2)23-15-19(25)24-14-12-17-10-7-8-11-18(17)16-24/h7-8,10-11H,3-6,9,12-16H2,1-2H3,(H2,21,22,23). The van der Waals surface area contributed by atoms with E-state index in [1.165, 1.54) is 30.4 Å². The number of benzene rings is 1. The molecule has 2 rings (SSSR count). The van der Waals surface area contributed by atoms with E-state index in [1.807, 2.05) is 17.9 Å². The molecule has 0 spiro atoms. The first kappa shape index (κ1) is 19.3. The topological polar surface area (TPSA) is 56.7 Å². The van der Waals surface area contributed by atoms with E-state index in [-0.39, 0.29) is 12.5 Å². The minimum atomic E-state index is 0.0951. The first-order chi connectivity index (χ1) is 12.2. The minimum absolute atomic E-state index is 0.0951. The average Bonchev–Trinajstić information content (AvgIpc) is 2.65. The van der Waals surface area contributed by atoms with Crippen LogP contribution in [0, 0.1) is 0 Å². The maximum absolute atomic E-state index is 12.5. The fourth-order valence-electron chi connectivity index (χ4n) is 3.06. The maximum atomic E-state index is 12.5. The van der Waals surface area contributed by atoms with E-state index < -0.39 is 0 Å². The predicted octanol–water partition coefficient (Wildman–Crippen LogP) is 2.71. The number of carbonyl (C=O) groups is 1. The number of nitrogens with one attached hydrogen (secondary N) is 2. The Morgan fingerprint density at radius 1 is 1.12 bits per heavy atom. The second kappa shape index (κ2) is 10.7. The summed E-state index contributed by atoms with van der Waals surface area (Å²) in [5.41, 5.74) is 2.61. The first-order valence-corrected chi connectivity index (χ1v) is 9.61. The Kier molecular flexibility index (Phi) is 8.29. The molecule has 2 N–H and O–H groups in total. The SMILES string of the molecule is CCCCCCNC(=NCC(=O)N1CCc2ccccc2C1)NCC. The lowest BCUT2D eigenvalue weighted by Crippen LogP contribution is -2.40. The molecule has 0 radical (unpaired) electrons. The van der Waals surface area contributed by atoms with Crippen LogP contribution in [0.4, 0.5) is 0 Å². The van der Waals surface area contributed by atoms with E-state index in [0.717, 1.165) is 38.4 Å². The Bertz CT molecular complexity index is 571. The van der Waals surface area contributed by atoms with Crippen LogP contribution in [0.1, 0.15) is 50.7 Å². The van der Waals surface area contributed by atoms with Gasteiger partial charge in [-0.1, -0.05) is 50.5 Å². The molecule has 1 heterocycles. The Labute approximate surface area is 151 Å². The van der Waals surface area contributed by atoms with Crippen molar-refractivity contribution in [1.29, 1.82) is 0 Å². The number of unbranched alkanes of at least 4 members (excludes halogenated alkanes) is 3. The van der Waals surface area contributed by atoms with Crippen molar-refractivity contribution in [3.8, 4) is 0 Å². The Hall–Kier alpha value is -2.04. The van der Waals surface area contributed by atoms with Gasteiger partial charge in [0.1, 0.15) is 6.54 Å². The Balaban J connectivity index is 1.82. The molecule has 25 heavy (non-hydrogen) atoms. The molecular weight excluding hydrogens is 312 g/mol. The van der Waals surface area contributed by atoms with Crippen molar-refractivity contribution in [2.24, 2.45) is 4.99 Å². The zero-order valence-corrected chi connectivity index (χ0v) is 15.7. The van der Waals surface area contributed by atoms with Gasteiger partial charge in [-0.25, -0.2) is 4.99 Å². The molecule has 0 unspecified atom stereocenters. The lowest BCUT2D eigenvalue weighted by Gasteiger charge is -2.28. The number of rotatable bonds is 8. The predicted molar refractivity (Wildman–Crippen MR) is 104 cm³/mol. The molecule has 0 bridgehead atoms. The second-order valence-corrected chi connectivity index (χ2v) is 6.52. The highest BCUT2D eigenvalue weighted by Crippen LogP contribution is 2.18. The van der Waals surface area contributed by atoms with Gasteiger partial charge in [-0.2, -0.15) is 0 Å². The number of hydrogen-bond acceptors (Lipinski definition) is 2. The number of aliphatic imine (C=N–C) groups is 1. The molecule has 1 aliphatic rings. The summed E-state index contributed by atoms with van der Waals surface area (Å²) in [5.74, 6) is 0.836. The van der Waals surface area contributed by atoms with Crippen molar-refractivity contribution in [3.63, 3.8) is 0 Å². The van der Waals surface area contributed by atoms with Gasteiger partial charge in [-0.05, 0) is 30.9 Å². The van der Waals surface area contributed by atoms with Crippen LogP contribution in [0.2, 0.25) is 0 Å². The first-order valence-electron chi connectivity index (χ1n) is 9.61. The highest BCUT2D eigenvalue weighted by atomic mass is 16.2. The van der Waals surface area contributed by atoms with Gasteiger partial charge < -0.3 is 15.5 Å². The number of nitrogens with zero attached hydrogens (tertiary/aromatic N) is 2. The van der Waals surface area contributed by atoms with Crippen molar-refractivity contribution in [1.82, 2.24) is 15.5 Å². The minimum Gasteiger partial charge on any atom is -0.357 e. The van der Waals surface area contributed by atoms with Crippen molar-refractivity contribution < 1.29 is 4.79 Å². The molecule has 0 saturated carbocycles. The fourth-order valence-corrected chi connectivity index (χ4v) is 3.06. The Morgan fingerprint density at radius 3 is 2.68 bits per heavy atom. The van der Waals surface area contributed by atoms with Gasteiger partial charge in [0.25, 0.3) is 0 Å². The second-order valence-electron chi connectivity index (χ2n) is 6.52. The van der Waals surface area contributed by atoms with E-state index >= 15 is 0 Å². The molecule has 5 heteroatoms. The van der Waals surface area contributed by atoms with Crippen LogP contribution in [0.15, 0.2) is 29.3 Å². The zero-order chi connectivity index (χ0) is 17.9. The number of fused-ring (bicyclic) bond motifs is 1. The van der Waals surface area contributed by atoms with Crippen LogP contribution >= 0.6 is 0 Å². The average molecular weight is 345 g/mol. The number of carbonyl (C=O) groups excluding carboxylic acids is 1. The van der Waals surface area contributed by atoms with Crippen LogP contribution in [-0.4, -0.2) is 42.9 Å². The van der Waals surface area contributed by atoms with Crippen LogP contribution in [-0.2, 0) is 17.8 Å². The largest absolute Gasteiger partial charge is 0.357 e. The summed E-state index contributed by atoms with van der Waals surface area (Å²) in [5, 5.41) is 6.54. The molecule has 0 atom stereocenters. The van der Waals surface area contributed by atoms with Crippen molar-refractivity contribution in [3.05, 3.63) is 35.4 Å². The summed E-state index contributed by atoms with van der Waals surface area (Å²) >= 11 is 0. The number of amides is 1. The number of guanidine groups is 1. The summed E-state index contributed by atoms with van der Waals surface area (Å²) in [6, 6.07) is 8.37. The monoisotopic (exact) mass is 344 g/mol. The van der Waals surface area contributed by atoms with Crippen LogP contribution in [0.3, 0.4) is 0 Å². The van der Waals surface area contributed by atoms with Crippen LogP contribution < -0.4 is 10.6 Å². The van der Waals surface area contributed by atoms with Gasteiger partial charge >= 0.3 is 0 Å². The molecule has 0 aliphatic carbocycles. The Morgan fingerprint density at radius 2 is 1.92 bits per heavy atom. The third-order valence-corrected chi connectivity index (χ3v) is 4.52. The van der Waals surface area contributed by atoms with Gasteiger partial charge in [0, 0.05) is 26.2 Å². The highest BCUT2D eigenvalue weighted by Gasteiger charge is 2.19. The van der Waals surface area contributed by atoms with Gasteiger partial charge in [-0.15, -0.1) is 0 Å². The maximum Gasteiger partial charge on any atom is 0.244 e. The van der Waals surface area contributed by atoms with Crippen molar-refractivity contribution >= 4 is 11.9 Å². The quantitative estimate of drug-likeness (QED) is 0.433. The lowest BCUT2D eigenvalue weighted by atomic mass is 10.00. The van der Waals surface area contributed by atoms with E-state index in [9.17, 15) is 4.79 Å². The van der Waals surface area contributed by atoms with Crippen LogP contribution in [0.5, 0.6) is 0 Å². The number of hydrogen-bond donors (Lipinski definition) is 2. The van der Waals surface area contributed by atoms with Gasteiger partial charge in [0.05, 0.1) is 0 Å². The molecular formula is C20H32N4O. The van der Waals surface area contributed by atoms with E-state index in [2.05, 4.69) is 40.7 Å². The van der Waals surface area contributed by atoms with Crippen LogP contribution in [0.25, 0.3) is 0 Å². The smallest absolute Gasteiger partial charge is 0.244 e. The molecule has 0 saturated heterocycles. The lowest BCUT2D eigenvalue weighted by molar-refractivity contribution is -0.130. The van der Waals surface area contributed by atoms with Gasteiger partial charge in [0.15, 0.2) is 5.96 Å².